The third kappa shape index (κ3) is 4.25. The Kier molecular flexibility index (Phi) is 5.92. The Morgan fingerprint density at radius 2 is 2.10 bits per heavy atom. The molecule has 110 valence electrons. The van der Waals surface area contributed by atoms with E-state index in [9.17, 15) is 4.79 Å². The van der Waals surface area contributed by atoms with Crippen molar-refractivity contribution in [1.82, 2.24) is 5.32 Å². The van der Waals surface area contributed by atoms with Gasteiger partial charge in [-0.3, -0.25) is 4.79 Å². The molecular formula is C16H23NO2S. The van der Waals surface area contributed by atoms with Crippen molar-refractivity contribution in [3.05, 3.63) is 29.8 Å². The van der Waals surface area contributed by atoms with Gasteiger partial charge in [-0.2, -0.15) is 0 Å². The molecule has 0 aliphatic heterocycles. The van der Waals surface area contributed by atoms with Gasteiger partial charge in [-0.15, -0.1) is 11.8 Å². The second-order valence-corrected chi connectivity index (χ2v) is 6.22. The smallest absolute Gasteiger partial charge is 0.224 e. The van der Waals surface area contributed by atoms with Gasteiger partial charge in [0.1, 0.15) is 0 Å². The fourth-order valence-corrected chi connectivity index (χ4v) is 3.24. The van der Waals surface area contributed by atoms with E-state index in [0.29, 0.717) is 12.3 Å². The first-order chi connectivity index (χ1) is 9.72. The van der Waals surface area contributed by atoms with E-state index in [1.807, 2.05) is 12.1 Å². The van der Waals surface area contributed by atoms with E-state index in [4.69, 9.17) is 4.74 Å². The Labute approximate surface area is 125 Å². The first-order valence-electron chi connectivity index (χ1n) is 7.14. The molecule has 4 heteroatoms. The molecule has 0 saturated heterocycles. The van der Waals surface area contributed by atoms with E-state index in [2.05, 4.69) is 23.7 Å². The number of methoxy groups -OCH3 is 1. The molecule has 1 saturated carbocycles. The normalized spacial score (nSPS) is 21.9. The number of ether oxygens (including phenoxy) is 1. The lowest BCUT2D eigenvalue weighted by Gasteiger charge is -2.20. The van der Waals surface area contributed by atoms with Gasteiger partial charge < -0.3 is 10.1 Å². The number of rotatable bonds is 6. The van der Waals surface area contributed by atoms with Crippen LogP contribution in [0.1, 0.15) is 24.8 Å². The Balaban J connectivity index is 1.85. The molecule has 1 aliphatic rings. The molecule has 2 atom stereocenters. The monoisotopic (exact) mass is 293 g/mol. The third-order valence-corrected chi connectivity index (χ3v) is 4.65. The molecule has 1 aliphatic carbocycles. The zero-order chi connectivity index (χ0) is 14.4. The van der Waals surface area contributed by atoms with Gasteiger partial charge in [0.05, 0.1) is 13.0 Å². The SMILES string of the molecule is COC[C@H]1CCC[C@H]1NC(=O)Cc1ccc(SC)cc1. The maximum absolute atomic E-state index is 12.1. The number of hydrogen-bond donors (Lipinski definition) is 1. The van der Waals surface area contributed by atoms with Crippen LogP contribution in [0.3, 0.4) is 0 Å². The summed E-state index contributed by atoms with van der Waals surface area (Å²) in [5.74, 6) is 0.595. The summed E-state index contributed by atoms with van der Waals surface area (Å²) in [6, 6.07) is 8.49. The van der Waals surface area contributed by atoms with Crippen molar-refractivity contribution in [1.29, 1.82) is 0 Å². The van der Waals surface area contributed by atoms with Crippen molar-refractivity contribution >= 4 is 17.7 Å². The van der Waals surface area contributed by atoms with Crippen LogP contribution in [0.2, 0.25) is 0 Å². The van der Waals surface area contributed by atoms with E-state index in [1.54, 1.807) is 18.9 Å². The van der Waals surface area contributed by atoms with Crippen molar-refractivity contribution in [2.75, 3.05) is 20.0 Å². The van der Waals surface area contributed by atoms with Gasteiger partial charge >= 0.3 is 0 Å². The molecule has 1 amide bonds. The van der Waals surface area contributed by atoms with Crippen LogP contribution in [0.5, 0.6) is 0 Å². The molecule has 20 heavy (non-hydrogen) atoms. The topological polar surface area (TPSA) is 38.3 Å². The molecule has 0 radical (unpaired) electrons. The van der Waals surface area contributed by atoms with E-state index in [-0.39, 0.29) is 11.9 Å². The number of carbonyl (C=O) groups is 1. The van der Waals surface area contributed by atoms with Gasteiger partial charge in [0.15, 0.2) is 0 Å². The summed E-state index contributed by atoms with van der Waals surface area (Å²) in [5.41, 5.74) is 1.07. The van der Waals surface area contributed by atoms with Gasteiger partial charge in [-0.25, -0.2) is 0 Å². The molecular weight excluding hydrogens is 270 g/mol. The predicted molar refractivity (Wildman–Crippen MR) is 83.1 cm³/mol. The average Bonchev–Trinajstić information content (AvgIpc) is 2.87. The second-order valence-electron chi connectivity index (χ2n) is 5.35. The molecule has 1 aromatic rings. The molecule has 0 spiro atoms. The van der Waals surface area contributed by atoms with Gasteiger partial charge in [-0.1, -0.05) is 18.6 Å². The van der Waals surface area contributed by atoms with Crippen molar-refractivity contribution in [3.63, 3.8) is 0 Å². The summed E-state index contributed by atoms with van der Waals surface area (Å²) in [6.07, 6.45) is 5.93. The fraction of sp³-hybridized carbons (Fsp3) is 0.562. The quantitative estimate of drug-likeness (QED) is 0.820. The highest BCUT2D eigenvalue weighted by molar-refractivity contribution is 7.98. The van der Waals surface area contributed by atoms with Crippen LogP contribution in [0.15, 0.2) is 29.2 Å². The molecule has 2 rings (SSSR count). The molecule has 3 nitrogen and oxygen atoms in total. The fourth-order valence-electron chi connectivity index (χ4n) is 2.83. The number of thioether (sulfide) groups is 1. The van der Waals surface area contributed by atoms with Crippen LogP contribution < -0.4 is 5.32 Å². The van der Waals surface area contributed by atoms with Gasteiger partial charge in [0.2, 0.25) is 5.91 Å². The first-order valence-corrected chi connectivity index (χ1v) is 8.36. The van der Waals surface area contributed by atoms with Gasteiger partial charge in [0, 0.05) is 24.0 Å². The van der Waals surface area contributed by atoms with Crippen LogP contribution >= 0.6 is 11.8 Å². The summed E-state index contributed by atoms with van der Waals surface area (Å²) in [5, 5.41) is 3.17. The molecule has 0 unspecified atom stereocenters. The Bertz CT molecular complexity index is 433. The minimum absolute atomic E-state index is 0.120. The van der Waals surface area contributed by atoms with Crippen LogP contribution in [-0.2, 0) is 16.0 Å². The molecule has 0 bridgehead atoms. The van der Waals surface area contributed by atoms with Crippen LogP contribution in [0.25, 0.3) is 0 Å². The van der Waals surface area contributed by atoms with E-state index >= 15 is 0 Å². The minimum atomic E-state index is 0.120. The lowest BCUT2D eigenvalue weighted by atomic mass is 10.0. The third-order valence-electron chi connectivity index (χ3n) is 3.91. The van der Waals surface area contributed by atoms with Crippen molar-refractivity contribution in [2.45, 2.75) is 36.6 Å². The lowest BCUT2D eigenvalue weighted by Crippen LogP contribution is -2.39. The van der Waals surface area contributed by atoms with Crippen LogP contribution in [0, 0.1) is 5.92 Å². The summed E-state index contributed by atoms with van der Waals surface area (Å²) in [4.78, 5) is 13.3. The molecule has 1 fully saturated rings. The Morgan fingerprint density at radius 1 is 1.35 bits per heavy atom. The standard InChI is InChI=1S/C16H23NO2S/c1-19-11-13-4-3-5-15(13)17-16(18)10-12-6-8-14(20-2)9-7-12/h6-9,13,15H,3-5,10-11H2,1-2H3,(H,17,18)/t13-,15-/m1/s1. The molecule has 0 aromatic heterocycles. The Morgan fingerprint density at radius 3 is 2.75 bits per heavy atom. The first kappa shape index (κ1) is 15.4. The summed E-state index contributed by atoms with van der Waals surface area (Å²) in [7, 11) is 1.73. The average molecular weight is 293 g/mol. The molecule has 1 aromatic carbocycles. The number of nitrogens with one attached hydrogen (secondary N) is 1. The van der Waals surface area contributed by atoms with Gasteiger partial charge in [-0.05, 0) is 36.8 Å². The number of amides is 1. The maximum Gasteiger partial charge on any atom is 0.224 e. The number of carbonyl (C=O) groups excluding carboxylic acids is 1. The van der Waals surface area contributed by atoms with Crippen molar-refractivity contribution in [2.24, 2.45) is 5.92 Å². The van der Waals surface area contributed by atoms with Gasteiger partial charge in [0.25, 0.3) is 0 Å². The minimum Gasteiger partial charge on any atom is -0.384 e. The zero-order valence-electron chi connectivity index (χ0n) is 12.2. The molecule has 0 heterocycles. The summed E-state index contributed by atoms with van der Waals surface area (Å²) >= 11 is 1.71. The highest BCUT2D eigenvalue weighted by Crippen LogP contribution is 2.25. The van der Waals surface area contributed by atoms with Crippen LogP contribution in [0.4, 0.5) is 0 Å². The number of hydrogen-bond acceptors (Lipinski definition) is 3. The zero-order valence-corrected chi connectivity index (χ0v) is 13.0. The summed E-state index contributed by atoms with van der Waals surface area (Å²) in [6.45, 7) is 0.743. The number of benzene rings is 1. The maximum atomic E-state index is 12.1. The van der Waals surface area contributed by atoms with Crippen LogP contribution in [-0.4, -0.2) is 31.9 Å². The summed E-state index contributed by atoms with van der Waals surface area (Å²) < 4.78 is 5.23. The largest absolute Gasteiger partial charge is 0.384 e. The van der Waals surface area contributed by atoms with E-state index in [0.717, 1.165) is 25.0 Å². The van der Waals surface area contributed by atoms with Crippen molar-refractivity contribution < 1.29 is 9.53 Å². The highest BCUT2D eigenvalue weighted by Gasteiger charge is 2.28. The van der Waals surface area contributed by atoms with E-state index < -0.39 is 0 Å². The molecule has 1 N–H and O–H groups in total. The van der Waals surface area contributed by atoms with E-state index in [1.165, 1.54) is 11.3 Å². The second kappa shape index (κ2) is 7.70. The predicted octanol–water partition coefficient (Wildman–Crippen LogP) is 2.88. The lowest BCUT2D eigenvalue weighted by molar-refractivity contribution is -0.121. The Hall–Kier alpha value is -1.00. The van der Waals surface area contributed by atoms with Crippen molar-refractivity contribution in [3.8, 4) is 0 Å². The highest BCUT2D eigenvalue weighted by atomic mass is 32.2.